The Labute approximate surface area is 221 Å². The monoisotopic (exact) mass is 504 g/mol. The van der Waals surface area contributed by atoms with Crippen LogP contribution < -0.4 is 9.30 Å². The van der Waals surface area contributed by atoms with Crippen molar-refractivity contribution in [2.75, 3.05) is 13.1 Å². The maximum Gasteiger partial charge on any atom is 0.415 e. The molecule has 1 N–H and O–H groups in total. The highest BCUT2D eigenvalue weighted by Crippen LogP contribution is 2.62. The fourth-order valence-corrected chi connectivity index (χ4v) is 8.54. The number of piperidine rings is 1. The molecule has 3 fully saturated rings. The predicted octanol–water partition coefficient (Wildman–Crippen LogP) is 5.45. The Morgan fingerprint density at radius 2 is 1.95 bits per heavy atom. The molecule has 1 saturated heterocycles. The van der Waals surface area contributed by atoms with Crippen molar-refractivity contribution in [3.8, 4) is 5.75 Å². The summed E-state index contributed by atoms with van der Waals surface area (Å²) in [7, 11) is 0. The van der Waals surface area contributed by atoms with E-state index in [9.17, 15) is 9.90 Å². The summed E-state index contributed by atoms with van der Waals surface area (Å²) >= 11 is 0. The van der Waals surface area contributed by atoms with Crippen molar-refractivity contribution in [2.24, 2.45) is 23.2 Å². The van der Waals surface area contributed by atoms with Gasteiger partial charge in [0.15, 0.2) is 18.4 Å². The summed E-state index contributed by atoms with van der Waals surface area (Å²) in [5.41, 5.74) is 2.93. The minimum atomic E-state index is -0.231. The fraction of sp³-hybridized carbons (Fsp3) is 0.645. The van der Waals surface area contributed by atoms with Crippen LogP contribution in [0.3, 0.4) is 0 Å². The summed E-state index contributed by atoms with van der Waals surface area (Å²) in [6, 6.07) is 6.82. The third-order valence-electron chi connectivity index (χ3n) is 10.5. The number of likely N-dealkylation sites (tertiary alicyclic amines) is 1. The summed E-state index contributed by atoms with van der Waals surface area (Å²) in [5.74, 6) is 3.18. The molecule has 3 aliphatic carbocycles. The lowest BCUT2D eigenvalue weighted by Gasteiger charge is -2.53. The lowest BCUT2D eigenvalue weighted by Crippen LogP contribution is -2.48. The van der Waals surface area contributed by atoms with Crippen LogP contribution in [0.2, 0.25) is 0 Å². The molecular weight excluding hydrogens is 462 g/mol. The number of fused-ring (bicyclic) bond motifs is 5. The van der Waals surface area contributed by atoms with Crippen LogP contribution >= 0.6 is 0 Å². The molecule has 37 heavy (non-hydrogen) atoms. The molecule has 1 amide bonds. The average Bonchev–Trinajstić information content (AvgIpc) is 3.23. The number of amides is 1. The number of carbonyl (C=O) groups excluding carboxylic acids is 1. The lowest BCUT2D eigenvalue weighted by molar-refractivity contribution is -0.726. The van der Waals surface area contributed by atoms with E-state index in [-0.39, 0.29) is 17.6 Å². The number of rotatable bonds is 4. The molecule has 198 valence electrons. The molecule has 0 bridgehead atoms. The van der Waals surface area contributed by atoms with Crippen LogP contribution in [0, 0.1) is 23.2 Å². The van der Waals surface area contributed by atoms with Crippen molar-refractivity contribution in [1.82, 2.24) is 9.88 Å². The summed E-state index contributed by atoms with van der Waals surface area (Å²) in [4.78, 5) is 19.0. The van der Waals surface area contributed by atoms with E-state index in [4.69, 9.17) is 4.74 Å². The number of aliphatic hydroxyl groups excluding tert-OH is 1. The van der Waals surface area contributed by atoms with Crippen molar-refractivity contribution in [1.29, 1.82) is 0 Å². The molecule has 2 saturated carbocycles. The van der Waals surface area contributed by atoms with Gasteiger partial charge in [0.25, 0.3) is 0 Å². The maximum atomic E-state index is 13.0. The first kappa shape index (κ1) is 24.8. The molecule has 2 heterocycles. The second-order valence-corrected chi connectivity index (χ2v) is 12.3. The third kappa shape index (κ3) is 4.45. The number of benzene rings is 1. The minimum absolute atomic E-state index is 0.0868. The van der Waals surface area contributed by atoms with Crippen LogP contribution in [0.25, 0.3) is 0 Å². The second-order valence-electron chi connectivity index (χ2n) is 12.3. The number of hydrogen-bond acceptors (Lipinski definition) is 4. The summed E-state index contributed by atoms with van der Waals surface area (Å²) in [6.07, 6.45) is 17.0. The quantitative estimate of drug-likeness (QED) is 0.563. The van der Waals surface area contributed by atoms with E-state index in [1.165, 1.54) is 30.4 Å². The van der Waals surface area contributed by atoms with Crippen LogP contribution in [0.4, 0.5) is 4.79 Å². The van der Waals surface area contributed by atoms with E-state index in [1.54, 1.807) is 0 Å². The van der Waals surface area contributed by atoms with Crippen LogP contribution in [0.15, 0.2) is 43.0 Å². The first-order valence-electron chi connectivity index (χ1n) is 14.6. The Morgan fingerprint density at radius 3 is 2.70 bits per heavy atom. The predicted molar refractivity (Wildman–Crippen MR) is 141 cm³/mol. The number of aromatic nitrogens is 2. The van der Waals surface area contributed by atoms with Gasteiger partial charge in [-0.3, -0.25) is 4.98 Å². The molecule has 6 heteroatoms. The van der Waals surface area contributed by atoms with Crippen molar-refractivity contribution in [3.63, 3.8) is 0 Å². The van der Waals surface area contributed by atoms with Gasteiger partial charge in [-0.15, -0.1) is 0 Å². The van der Waals surface area contributed by atoms with Crippen molar-refractivity contribution >= 4 is 6.09 Å². The molecular formula is C31H42N3O3+. The van der Waals surface area contributed by atoms with Crippen molar-refractivity contribution in [2.45, 2.75) is 89.7 Å². The SMILES string of the molecule is CCC[C@@H]1Cc2cc(OC(=O)N3CCC([n+]4ccncc4)CC3)ccc2[C@H]2CC[C@]3(C)[C@@H](O)CC[C@H]3[C@H]12. The minimum Gasteiger partial charge on any atom is -0.410 e. The zero-order chi connectivity index (χ0) is 25.6. The maximum absolute atomic E-state index is 13.0. The number of hydrogen-bond donors (Lipinski definition) is 1. The Morgan fingerprint density at radius 1 is 1.16 bits per heavy atom. The zero-order valence-corrected chi connectivity index (χ0v) is 22.4. The molecule has 0 radical (unpaired) electrons. The van der Waals surface area contributed by atoms with Gasteiger partial charge in [-0.1, -0.05) is 32.8 Å². The third-order valence-corrected chi connectivity index (χ3v) is 10.5. The Kier molecular flexibility index (Phi) is 6.72. The van der Waals surface area contributed by atoms with Crippen LogP contribution in [-0.2, 0) is 6.42 Å². The highest BCUT2D eigenvalue weighted by molar-refractivity contribution is 5.71. The first-order chi connectivity index (χ1) is 18.0. The van der Waals surface area contributed by atoms with Gasteiger partial charge in [-0.2, -0.15) is 4.57 Å². The fourth-order valence-electron chi connectivity index (χ4n) is 8.54. The van der Waals surface area contributed by atoms with Gasteiger partial charge in [0.2, 0.25) is 0 Å². The van der Waals surface area contributed by atoms with Crippen LogP contribution in [-0.4, -0.2) is 40.3 Å². The second kappa shape index (κ2) is 10.0. The van der Waals surface area contributed by atoms with E-state index >= 15 is 0 Å². The van der Waals surface area contributed by atoms with Gasteiger partial charge < -0.3 is 14.7 Å². The van der Waals surface area contributed by atoms with Crippen molar-refractivity contribution < 1.29 is 19.2 Å². The van der Waals surface area contributed by atoms with E-state index < -0.39 is 0 Å². The Balaban J connectivity index is 1.15. The summed E-state index contributed by atoms with van der Waals surface area (Å²) in [6.45, 7) is 6.06. The first-order valence-corrected chi connectivity index (χ1v) is 14.6. The molecule has 0 unspecified atom stereocenters. The van der Waals surface area contributed by atoms with Gasteiger partial charge in [0.1, 0.15) is 5.75 Å². The molecule has 6 nitrogen and oxygen atoms in total. The molecule has 1 aromatic heterocycles. The molecule has 2 aromatic rings. The molecule has 6 rings (SSSR count). The van der Waals surface area contributed by atoms with Gasteiger partial charge in [0.05, 0.1) is 18.5 Å². The zero-order valence-electron chi connectivity index (χ0n) is 22.4. The smallest absolute Gasteiger partial charge is 0.410 e. The van der Waals surface area contributed by atoms with E-state index in [0.29, 0.717) is 48.6 Å². The average molecular weight is 505 g/mol. The standard InChI is InChI=1S/C31H42N3O3/c1-3-4-21-19-22-20-24(37-30(36)34-15-10-23(11-16-34)33-17-13-32-14-18-33)5-6-25(22)26-9-12-31(2)27(29(21)26)7-8-28(31)35/h5-6,13-14,17-18,20-21,23,26-29,35H,3-4,7-12,15-16,19H2,1-2H3/q+1/t21-,26-,27+,28+,29-,31+/m1/s1. The Bertz CT molecular complexity index is 1120. The number of ether oxygens (including phenoxy) is 1. The van der Waals surface area contributed by atoms with Gasteiger partial charge >= 0.3 is 6.09 Å². The highest BCUT2D eigenvalue weighted by Gasteiger charge is 2.56. The molecule has 6 atom stereocenters. The van der Waals surface area contributed by atoms with E-state index in [0.717, 1.165) is 38.5 Å². The highest BCUT2D eigenvalue weighted by atomic mass is 16.6. The lowest BCUT2D eigenvalue weighted by atomic mass is 9.52. The number of carbonyl (C=O) groups is 1. The van der Waals surface area contributed by atoms with Gasteiger partial charge in [-0.05, 0) is 84.5 Å². The molecule has 1 aromatic carbocycles. The largest absolute Gasteiger partial charge is 0.415 e. The Hall–Kier alpha value is -2.47. The van der Waals surface area contributed by atoms with E-state index in [2.05, 4.69) is 35.5 Å². The number of aliphatic hydroxyl groups is 1. The van der Waals surface area contributed by atoms with Crippen LogP contribution in [0.5, 0.6) is 5.75 Å². The van der Waals surface area contributed by atoms with Gasteiger partial charge in [-0.25, -0.2) is 4.79 Å². The summed E-state index contributed by atoms with van der Waals surface area (Å²) < 4.78 is 8.12. The summed E-state index contributed by atoms with van der Waals surface area (Å²) in [5, 5.41) is 10.8. The normalized spacial score (nSPS) is 33.4. The number of nitrogens with zero attached hydrogens (tertiary/aromatic N) is 3. The van der Waals surface area contributed by atoms with Crippen LogP contribution in [0.1, 0.15) is 88.3 Å². The van der Waals surface area contributed by atoms with Crippen molar-refractivity contribution in [3.05, 3.63) is 54.1 Å². The molecule has 0 spiro atoms. The topological polar surface area (TPSA) is 66.5 Å². The van der Waals surface area contributed by atoms with Gasteiger partial charge in [0, 0.05) is 25.9 Å². The molecule has 1 aliphatic heterocycles. The van der Waals surface area contributed by atoms with E-state index in [1.807, 2.05) is 35.8 Å². The molecule has 4 aliphatic rings.